The summed E-state index contributed by atoms with van der Waals surface area (Å²) in [6, 6.07) is 30.4. The Labute approximate surface area is 256 Å². The van der Waals surface area contributed by atoms with Gasteiger partial charge in [-0.2, -0.15) is 0 Å². The molecule has 4 N–H and O–H groups in total. The Morgan fingerprint density at radius 2 is 1.23 bits per heavy atom. The van der Waals surface area contributed by atoms with Gasteiger partial charge in [0.2, 0.25) is 0 Å². The van der Waals surface area contributed by atoms with E-state index in [1.165, 1.54) is 0 Å². The van der Waals surface area contributed by atoms with E-state index in [2.05, 4.69) is 21.3 Å². The quantitative estimate of drug-likeness (QED) is 0.113. The number of nitrogens with one attached hydrogen (secondary N) is 4. The zero-order valence-electron chi connectivity index (χ0n) is 24.0. The van der Waals surface area contributed by atoms with E-state index in [1.807, 2.05) is 72.8 Å². The molecule has 5 rings (SSSR count). The minimum atomic E-state index is -0.379. The van der Waals surface area contributed by atoms with Gasteiger partial charge < -0.3 is 26.0 Å². The van der Waals surface area contributed by atoms with Crippen LogP contribution in [-0.4, -0.2) is 24.5 Å². The molecule has 1 aliphatic rings. The van der Waals surface area contributed by atoms with E-state index < -0.39 is 0 Å². The molecule has 8 heteroatoms. The first kappa shape index (κ1) is 29.8. The fraction of sp³-hybridized carbons (Fsp3) is 0.0833. The van der Waals surface area contributed by atoms with Gasteiger partial charge in [-0.25, -0.2) is 0 Å². The molecule has 0 heterocycles. The number of benzene rings is 4. The van der Waals surface area contributed by atoms with E-state index in [1.54, 1.807) is 60.7 Å². The number of rotatable bonds is 11. The van der Waals surface area contributed by atoms with Crippen LogP contribution in [0.3, 0.4) is 0 Å². The molecular formula is C36H32N4O4. The molecule has 0 atom stereocenters. The molecule has 0 unspecified atom stereocenters. The third-order valence-corrected chi connectivity index (χ3v) is 6.63. The van der Waals surface area contributed by atoms with Crippen molar-refractivity contribution in [3.8, 4) is 0 Å². The van der Waals surface area contributed by atoms with Gasteiger partial charge in [-0.15, -0.1) is 0 Å². The van der Waals surface area contributed by atoms with Gasteiger partial charge in [0.1, 0.15) is 6.73 Å². The minimum absolute atomic E-state index is 0.286. The molecule has 0 fully saturated rings. The van der Waals surface area contributed by atoms with Gasteiger partial charge in [-0.05, 0) is 78.7 Å². The van der Waals surface area contributed by atoms with Gasteiger partial charge in [-0.1, -0.05) is 66.8 Å². The van der Waals surface area contributed by atoms with Gasteiger partial charge in [0.25, 0.3) is 17.7 Å². The molecule has 0 saturated carbocycles. The standard InChI is InChI=1S/C36H32N4O4/c41-34(27-12-8-11-26(21-27)24-44-25-37-30-15-6-3-7-16-30)39-32-19-10-20-33(23-32)40-36(43)29-14-9-13-28(22-29)35(42)38-31-17-4-1-2-5-18-31/h1-4,6-23,37H,5,24-25H2,(H,38,42)(H,39,41)(H,40,43). The second-order valence-corrected chi connectivity index (χ2v) is 9.94. The summed E-state index contributed by atoms with van der Waals surface area (Å²) in [7, 11) is 0. The Hall–Kier alpha value is -5.73. The number of carbonyl (C=O) groups is 3. The van der Waals surface area contributed by atoms with Crippen molar-refractivity contribution in [3.63, 3.8) is 0 Å². The Bertz CT molecular complexity index is 1730. The average Bonchev–Trinajstić information content (AvgIpc) is 3.32. The Morgan fingerprint density at radius 3 is 1.95 bits per heavy atom. The molecule has 0 bridgehead atoms. The summed E-state index contributed by atoms with van der Waals surface area (Å²) in [6.45, 7) is 0.682. The number of para-hydroxylation sites is 1. The Morgan fingerprint density at radius 1 is 0.614 bits per heavy atom. The molecule has 0 aromatic heterocycles. The lowest BCUT2D eigenvalue weighted by molar-refractivity contribution is 0.0966. The second-order valence-electron chi connectivity index (χ2n) is 9.94. The topological polar surface area (TPSA) is 109 Å². The summed E-state index contributed by atoms with van der Waals surface area (Å²) in [5, 5.41) is 11.8. The summed E-state index contributed by atoms with van der Waals surface area (Å²) >= 11 is 0. The van der Waals surface area contributed by atoms with Crippen LogP contribution >= 0.6 is 0 Å². The summed E-state index contributed by atoms with van der Waals surface area (Å²) in [5.41, 5.74) is 4.73. The van der Waals surface area contributed by atoms with Crippen LogP contribution in [0.15, 0.2) is 139 Å². The highest BCUT2D eigenvalue weighted by atomic mass is 16.5. The molecule has 0 radical (unpaired) electrons. The van der Waals surface area contributed by atoms with Crippen molar-refractivity contribution in [3.05, 3.63) is 161 Å². The molecule has 0 spiro atoms. The van der Waals surface area contributed by atoms with Gasteiger partial charge >= 0.3 is 0 Å². The van der Waals surface area contributed by atoms with Crippen LogP contribution in [0.2, 0.25) is 0 Å². The Kier molecular flexibility index (Phi) is 10.1. The molecule has 3 amide bonds. The van der Waals surface area contributed by atoms with Gasteiger partial charge in [0, 0.05) is 39.4 Å². The fourth-order valence-electron chi connectivity index (χ4n) is 4.42. The first-order valence-corrected chi connectivity index (χ1v) is 14.2. The van der Waals surface area contributed by atoms with Crippen molar-refractivity contribution >= 4 is 34.8 Å². The monoisotopic (exact) mass is 584 g/mol. The van der Waals surface area contributed by atoms with E-state index in [4.69, 9.17) is 4.74 Å². The highest BCUT2D eigenvalue weighted by Crippen LogP contribution is 2.18. The van der Waals surface area contributed by atoms with E-state index >= 15 is 0 Å². The number of hydrogen-bond donors (Lipinski definition) is 4. The van der Waals surface area contributed by atoms with Crippen molar-refractivity contribution in [2.75, 3.05) is 22.7 Å². The van der Waals surface area contributed by atoms with Crippen LogP contribution < -0.4 is 21.3 Å². The zero-order chi connectivity index (χ0) is 30.6. The normalized spacial score (nSPS) is 12.0. The molecule has 4 aromatic carbocycles. The Balaban J connectivity index is 1.15. The average molecular weight is 585 g/mol. The lowest BCUT2D eigenvalue weighted by Crippen LogP contribution is -2.22. The number of amides is 3. The van der Waals surface area contributed by atoms with Crippen molar-refractivity contribution in [1.82, 2.24) is 5.32 Å². The van der Waals surface area contributed by atoms with Crippen LogP contribution in [0.25, 0.3) is 0 Å². The highest BCUT2D eigenvalue weighted by molar-refractivity contribution is 6.07. The third kappa shape index (κ3) is 8.64. The summed E-state index contributed by atoms with van der Waals surface area (Å²) < 4.78 is 5.71. The highest BCUT2D eigenvalue weighted by Gasteiger charge is 2.13. The minimum Gasteiger partial charge on any atom is -0.363 e. The van der Waals surface area contributed by atoms with Gasteiger partial charge in [0.05, 0.1) is 6.61 Å². The van der Waals surface area contributed by atoms with Crippen LogP contribution in [0.1, 0.15) is 43.1 Å². The zero-order valence-corrected chi connectivity index (χ0v) is 24.0. The van der Waals surface area contributed by atoms with E-state index in [9.17, 15) is 14.4 Å². The van der Waals surface area contributed by atoms with Gasteiger partial charge in [0.15, 0.2) is 0 Å². The summed E-state index contributed by atoms with van der Waals surface area (Å²) in [5.74, 6) is -0.970. The smallest absolute Gasteiger partial charge is 0.255 e. The SMILES string of the molecule is O=C(NC1=CCC=CC=C1)c1cccc(C(=O)Nc2cccc(NC(=O)c3cccc(COCNc4ccccc4)c3)c2)c1. The molecule has 220 valence electrons. The number of hydrogen-bond acceptors (Lipinski definition) is 5. The number of allylic oxidation sites excluding steroid dienone is 5. The van der Waals surface area contributed by atoms with Crippen molar-refractivity contribution in [2.24, 2.45) is 0 Å². The number of ether oxygens (including phenoxy) is 1. The maximum atomic E-state index is 13.0. The largest absolute Gasteiger partial charge is 0.363 e. The van der Waals surface area contributed by atoms with Crippen LogP contribution in [0, 0.1) is 0 Å². The first-order valence-electron chi connectivity index (χ1n) is 14.2. The molecular weight excluding hydrogens is 552 g/mol. The van der Waals surface area contributed by atoms with E-state index in [-0.39, 0.29) is 17.7 Å². The maximum Gasteiger partial charge on any atom is 0.255 e. The lowest BCUT2D eigenvalue weighted by Gasteiger charge is -2.11. The van der Waals surface area contributed by atoms with E-state index in [0.717, 1.165) is 17.7 Å². The molecule has 0 saturated heterocycles. The van der Waals surface area contributed by atoms with Crippen molar-refractivity contribution in [2.45, 2.75) is 13.0 Å². The first-order chi connectivity index (χ1) is 21.5. The summed E-state index contributed by atoms with van der Waals surface area (Å²) in [6.07, 6.45) is 10.2. The number of anilines is 3. The van der Waals surface area contributed by atoms with Crippen LogP contribution in [0.4, 0.5) is 17.1 Å². The van der Waals surface area contributed by atoms with Gasteiger partial charge in [-0.3, -0.25) is 14.4 Å². The lowest BCUT2D eigenvalue weighted by atomic mass is 10.1. The third-order valence-electron chi connectivity index (χ3n) is 6.63. The summed E-state index contributed by atoms with van der Waals surface area (Å²) in [4.78, 5) is 38.8. The molecule has 0 aliphatic heterocycles. The van der Waals surface area contributed by atoms with Crippen molar-refractivity contribution < 1.29 is 19.1 Å². The van der Waals surface area contributed by atoms with Crippen LogP contribution in [0.5, 0.6) is 0 Å². The molecule has 8 nitrogen and oxygen atoms in total. The molecule has 4 aromatic rings. The second kappa shape index (κ2) is 14.9. The van der Waals surface area contributed by atoms with Crippen molar-refractivity contribution in [1.29, 1.82) is 0 Å². The van der Waals surface area contributed by atoms with E-state index in [0.29, 0.717) is 47.1 Å². The molecule has 44 heavy (non-hydrogen) atoms. The van der Waals surface area contributed by atoms with Crippen LogP contribution in [-0.2, 0) is 11.3 Å². The molecule has 1 aliphatic carbocycles. The maximum absolute atomic E-state index is 13.0. The fourth-order valence-corrected chi connectivity index (χ4v) is 4.42. The predicted molar refractivity (Wildman–Crippen MR) is 173 cm³/mol. The number of carbonyl (C=O) groups excluding carboxylic acids is 3. The predicted octanol–water partition coefficient (Wildman–Crippen LogP) is 6.91.